The lowest BCUT2D eigenvalue weighted by molar-refractivity contribution is 1.28. The van der Waals surface area contributed by atoms with Gasteiger partial charge < -0.3 is 4.90 Å². The Kier molecular flexibility index (Phi) is 7.25. The van der Waals surface area contributed by atoms with Crippen LogP contribution in [0.4, 0.5) is 17.1 Å². The van der Waals surface area contributed by atoms with Crippen molar-refractivity contribution >= 4 is 27.8 Å². The minimum Gasteiger partial charge on any atom is -0.310 e. The van der Waals surface area contributed by atoms with E-state index in [1.54, 1.807) is 6.07 Å². The lowest BCUT2D eigenvalue weighted by Crippen LogP contribution is -2.10. The predicted molar refractivity (Wildman–Crippen MR) is 226 cm³/mol. The van der Waals surface area contributed by atoms with Gasteiger partial charge in [0.05, 0.1) is 6.85 Å². The van der Waals surface area contributed by atoms with E-state index in [2.05, 4.69) is 163 Å². The normalized spacial score (nSPS) is 12.3. The van der Waals surface area contributed by atoms with Crippen molar-refractivity contribution in [2.45, 2.75) is 0 Å². The molecule has 53 heavy (non-hydrogen) atoms. The molecule has 0 radical (unpaired) electrons. The summed E-state index contributed by atoms with van der Waals surface area (Å²) in [7, 11) is 0. The molecule has 0 amide bonds. The Morgan fingerprint density at radius 1 is 0.302 bits per heavy atom. The average Bonchev–Trinajstić information content (AvgIpc) is 3.29. The SMILES string of the molecule is [2H]c1c([2H])c([2H])c(-c2cccc(N(c3ccc(-c4ccc(-c5ccccc5)c(-c5ccccc5)c4)cc3)c3ccc(-c4cccc5ccccc45)cc3)c2)c([2H])c1[2H]. The minimum absolute atomic E-state index is 0.169. The van der Waals surface area contributed by atoms with E-state index in [1.807, 2.05) is 30.3 Å². The highest BCUT2D eigenvalue weighted by Crippen LogP contribution is 2.40. The third-order valence-corrected chi connectivity index (χ3v) is 9.77. The zero-order chi connectivity index (χ0) is 39.8. The second-order valence-corrected chi connectivity index (χ2v) is 13.0. The van der Waals surface area contributed by atoms with E-state index in [0.29, 0.717) is 5.56 Å². The van der Waals surface area contributed by atoms with Gasteiger partial charge in [-0.15, -0.1) is 0 Å². The van der Waals surface area contributed by atoms with Crippen LogP contribution in [0.2, 0.25) is 0 Å². The third-order valence-electron chi connectivity index (χ3n) is 9.77. The number of anilines is 3. The van der Waals surface area contributed by atoms with Crippen LogP contribution < -0.4 is 4.90 Å². The largest absolute Gasteiger partial charge is 0.310 e. The minimum atomic E-state index is -0.409. The molecule has 0 bridgehead atoms. The lowest BCUT2D eigenvalue weighted by atomic mass is 9.91. The summed E-state index contributed by atoms with van der Waals surface area (Å²) in [6.45, 7) is 0. The highest BCUT2D eigenvalue weighted by molar-refractivity contribution is 5.97. The molecule has 0 saturated heterocycles. The molecule has 0 heterocycles. The summed E-state index contributed by atoms with van der Waals surface area (Å²) in [6, 6.07) is 65.3. The van der Waals surface area contributed by atoms with Crippen LogP contribution in [0.25, 0.3) is 66.4 Å². The van der Waals surface area contributed by atoms with Crippen molar-refractivity contribution in [3.05, 3.63) is 224 Å². The van der Waals surface area contributed by atoms with Gasteiger partial charge in [-0.25, -0.2) is 0 Å². The number of hydrogen-bond acceptors (Lipinski definition) is 1. The van der Waals surface area contributed by atoms with Crippen LogP contribution in [0.3, 0.4) is 0 Å². The zero-order valence-corrected chi connectivity index (χ0v) is 28.9. The molecule has 0 N–H and O–H groups in total. The smallest absolute Gasteiger partial charge is 0.0629 e. The van der Waals surface area contributed by atoms with Crippen molar-refractivity contribution in [1.29, 1.82) is 0 Å². The van der Waals surface area contributed by atoms with Crippen molar-refractivity contribution in [3.63, 3.8) is 0 Å². The van der Waals surface area contributed by atoms with E-state index in [1.165, 1.54) is 16.3 Å². The Hall–Kier alpha value is -6.96. The van der Waals surface area contributed by atoms with E-state index in [0.717, 1.165) is 56.0 Å². The van der Waals surface area contributed by atoms with Crippen molar-refractivity contribution < 1.29 is 6.85 Å². The van der Waals surface area contributed by atoms with Gasteiger partial charge in [-0.05, 0) is 109 Å². The number of benzene rings is 9. The van der Waals surface area contributed by atoms with E-state index >= 15 is 0 Å². The summed E-state index contributed by atoms with van der Waals surface area (Å²) in [6.07, 6.45) is 0. The molecule has 0 aliphatic carbocycles. The first kappa shape index (κ1) is 26.8. The van der Waals surface area contributed by atoms with Gasteiger partial charge >= 0.3 is 0 Å². The molecular formula is C52H37N. The fourth-order valence-corrected chi connectivity index (χ4v) is 7.16. The predicted octanol–water partition coefficient (Wildman–Crippen LogP) is 14.6. The van der Waals surface area contributed by atoms with Crippen LogP contribution in [-0.4, -0.2) is 0 Å². The second kappa shape index (κ2) is 14.3. The quantitative estimate of drug-likeness (QED) is 0.154. The summed E-state index contributed by atoms with van der Waals surface area (Å²) in [5, 5.41) is 2.37. The fraction of sp³-hybridized carbons (Fsp3) is 0. The van der Waals surface area contributed by atoms with Crippen LogP contribution >= 0.6 is 0 Å². The zero-order valence-electron chi connectivity index (χ0n) is 33.9. The molecule has 0 unspecified atom stereocenters. The molecule has 0 spiro atoms. The molecule has 9 aromatic carbocycles. The molecule has 0 atom stereocenters. The first-order valence-electron chi connectivity index (χ1n) is 20.3. The highest BCUT2D eigenvalue weighted by Gasteiger charge is 2.16. The fourth-order valence-electron chi connectivity index (χ4n) is 7.16. The molecule has 9 aromatic rings. The van der Waals surface area contributed by atoms with Gasteiger partial charge in [0.2, 0.25) is 0 Å². The van der Waals surface area contributed by atoms with Gasteiger partial charge in [-0.3, -0.25) is 0 Å². The molecule has 9 rings (SSSR count). The molecule has 1 heteroatoms. The molecule has 0 saturated carbocycles. The number of rotatable bonds is 8. The monoisotopic (exact) mass is 680 g/mol. The first-order valence-corrected chi connectivity index (χ1v) is 17.8. The Bertz CT molecular complexity index is 2890. The lowest BCUT2D eigenvalue weighted by Gasteiger charge is -2.26. The summed E-state index contributed by atoms with van der Waals surface area (Å²) in [5.74, 6) is 0. The summed E-state index contributed by atoms with van der Waals surface area (Å²) in [4.78, 5) is 2.14. The van der Waals surface area contributed by atoms with E-state index in [4.69, 9.17) is 6.85 Å². The Morgan fingerprint density at radius 3 is 1.55 bits per heavy atom. The number of fused-ring (bicyclic) bond motifs is 1. The van der Waals surface area contributed by atoms with Crippen molar-refractivity contribution in [2.24, 2.45) is 0 Å². The van der Waals surface area contributed by atoms with Gasteiger partial charge in [0.1, 0.15) is 0 Å². The Labute approximate surface area is 318 Å². The van der Waals surface area contributed by atoms with E-state index in [-0.39, 0.29) is 29.7 Å². The van der Waals surface area contributed by atoms with Crippen molar-refractivity contribution in [1.82, 2.24) is 0 Å². The molecule has 0 fully saturated rings. The van der Waals surface area contributed by atoms with Crippen LogP contribution in [0.15, 0.2) is 224 Å². The van der Waals surface area contributed by atoms with Gasteiger partial charge in [0.25, 0.3) is 0 Å². The first-order chi connectivity index (χ1) is 28.4. The van der Waals surface area contributed by atoms with Gasteiger partial charge in [0.15, 0.2) is 0 Å². The topological polar surface area (TPSA) is 3.24 Å². The van der Waals surface area contributed by atoms with Crippen LogP contribution in [0.1, 0.15) is 6.85 Å². The van der Waals surface area contributed by atoms with Crippen LogP contribution in [0, 0.1) is 0 Å². The van der Waals surface area contributed by atoms with Crippen molar-refractivity contribution in [3.8, 4) is 55.6 Å². The Morgan fingerprint density at radius 2 is 0.830 bits per heavy atom. The molecule has 0 aliphatic heterocycles. The standard InChI is InChI=1S/C52H37N/c1-4-14-38(15-5-1)44-22-12-23-48(36-44)53(47-33-28-43(29-34-47)50-25-13-21-41-20-10-11-24-49(41)50)46-31-26-39(27-32-46)45-30-35-51(40-16-6-2-7-17-40)52(37-45)42-18-8-3-9-19-42/h1-37H/i1D,4D,5D,14D,15D. The number of nitrogens with zero attached hydrogens (tertiary/aromatic N) is 1. The molecule has 0 aliphatic rings. The second-order valence-electron chi connectivity index (χ2n) is 13.0. The van der Waals surface area contributed by atoms with Gasteiger partial charge in [-0.1, -0.05) is 182 Å². The van der Waals surface area contributed by atoms with Crippen LogP contribution in [0.5, 0.6) is 0 Å². The summed E-state index contributed by atoms with van der Waals surface area (Å²) in [5.41, 5.74) is 12.4. The van der Waals surface area contributed by atoms with Crippen molar-refractivity contribution in [2.75, 3.05) is 4.90 Å². The third kappa shape index (κ3) is 6.53. The van der Waals surface area contributed by atoms with E-state index in [9.17, 15) is 0 Å². The maximum Gasteiger partial charge on any atom is 0.0629 e. The maximum absolute atomic E-state index is 8.69. The molecule has 250 valence electrons. The van der Waals surface area contributed by atoms with Gasteiger partial charge in [-0.2, -0.15) is 0 Å². The number of hydrogen-bond donors (Lipinski definition) is 0. The maximum atomic E-state index is 8.69. The average molecular weight is 681 g/mol. The summed E-state index contributed by atoms with van der Waals surface area (Å²) >= 11 is 0. The Balaban J connectivity index is 1.15. The molecule has 0 aromatic heterocycles. The van der Waals surface area contributed by atoms with Gasteiger partial charge in [0, 0.05) is 17.1 Å². The van der Waals surface area contributed by atoms with Crippen LogP contribution in [-0.2, 0) is 0 Å². The van der Waals surface area contributed by atoms with E-state index < -0.39 is 6.04 Å². The highest BCUT2D eigenvalue weighted by atomic mass is 15.1. The molecule has 1 nitrogen and oxygen atoms in total. The molecular weight excluding hydrogens is 639 g/mol. The summed E-state index contributed by atoms with van der Waals surface area (Å²) < 4.78 is 42.2.